The Morgan fingerprint density at radius 3 is 2.50 bits per heavy atom. The Kier molecular flexibility index (Phi) is 5.53. The third-order valence-electron chi connectivity index (χ3n) is 3.73. The number of aryl methyl sites for hydroxylation is 1. The molecule has 3 rings (SSSR count). The number of benzene rings is 2. The van der Waals surface area contributed by atoms with Crippen LogP contribution in [0.25, 0.3) is 0 Å². The van der Waals surface area contributed by atoms with Gasteiger partial charge in [-0.05, 0) is 49.2 Å². The average Bonchev–Trinajstić information content (AvgIpc) is 2.64. The van der Waals surface area contributed by atoms with E-state index in [0.29, 0.717) is 36.0 Å². The van der Waals surface area contributed by atoms with Crippen molar-refractivity contribution >= 4 is 17.5 Å². The number of anilines is 2. The predicted molar refractivity (Wildman–Crippen MR) is 99.8 cm³/mol. The molecule has 0 saturated carbocycles. The Bertz CT molecular complexity index is 882. The van der Waals surface area contributed by atoms with Gasteiger partial charge in [-0.2, -0.15) is 0 Å². The highest BCUT2D eigenvalue weighted by Gasteiger charge is 2.11. The maximum absolute atomic E-state index is 12.9. The minimum Gasteiger partial charge on any atom is -0.354 e. The molecule has 0 aliphatic rings. The van der Waals surface area contributed by atoms with Crippen LogP contribution in [0.2, 0.25) is 0 Å². The molecule has 0 fully saturated rings. The molecule has 3 aromatic rings. The lowest BCUT2D eigenvalue weighted by Crippen LogP contribution is -2.16. The zero-order chi connectivity index (χ0) is 18.4. The summed E-state index contributed by atoms with van der Waals surface area (Å²) in [5, 5.41) is 5.92. The van der Waals surface area contributed by atoms with Gasteiger partial charge in [0.2, 0.25) is 5.95 Å². The van der Waals surface area contributed by atoms with Crippen molar-refractivity contribution in [2.45, 2.75) is 13.3 Å². The summed E-state index contributed by atoms with van der Waals surface area (Å²) in [4.78, 5) is 21.0. The molecule has 132 valence electrons. The van der Waals surface area contributed by atoms with Crippen LogP contribution in [0.5, 0.6) is 0 Å². The van der Waals surface area contributed by atoms with Crippen molar-refractivity contribution in [2.75, 3.05) is 17.2 Å². The number of nitrogens with zero attached hydrogens (tertiary/aromatic N) is 2. The zero-order valence-electron chi connectivity index (χ0n) is 14.4. The van der Waals surface area contributed by atoms with Crippen molar-refractivity contribution in [1.82, 2.24) is 9.97 Å². The normalized spacial score (nSPS) is 10.4. The van der Waals surface area contributed by atoms with Gasteiger partial charge >= 0.3 is 0 Å². The van der Waals surface area contributed by atoms with Gasteiger partial charge in [0, 0.05) is 17.9 Å². The zero-order valence-corrected chi connectivity index (χ0v) is 14.4. The lowest BCUT2D eigenvalue weighted by Gasteiger charge is -2.09. The van der Waals surface area contributed by atoms with Gasteiger partial charge in [-0.25, -0.2) is 14.4 Å². The van der Waals surface area contributed by atoms with Gasteiger partial charge in [0.05, 0.1) is 0 Å². The molecule has 0 unspecified atom stereocenters. The highest BCUT2D eigenvalue weighted by atomic mass is 19.1. The lowest BCUT2D eigenvalue weighted by molar-refractivity contribution is 0.102. The van der Waals surface area contributed by atoms with Crippen LogP contribution < -0.4 is 10.6 Å². The molecule has 1 aromatic heterocycles. The van der Waals surface area contributed by atoms with Crippen LogP contribution in [0.1, 0.15) is 21.7 Å². The molecule has 1 amide bonds. The fourth-order valence-corrected chi connectivity index (χ4v) is 2.45. The van der Waals surface area contributed by atoms with Gasteiger partial charge in [-0.15, -0.1) is 0 Å². The number of rotatable bonds is 6. The van der Waals surface area contributed by atoms with Gasteiger partial charge in [-0.3, -0.25) is 4.79 Å². The smallest absolute Gasteiger partial charge is 0.274 e. The largest absolute Gasteiger partial charge is 0.354 e. The van der Waals surface area contributed by atoms with Gasteiger partial charge in [0.1, 0.15) is 11.5 Å². The summed E-state index contributed by atoms with van der Waals surface area (Å²) in [6.07, 6.45) is 0.698. The Hall–Kier alpha value is -3.28. The molecule has 5 nitrogen and oxygen atoms in total. The summed E-state index contributed by atoms with van der Waals surface area (Å²) < 4.78 is 12.9. The van der Waals surface area contributed by atoms with Crippen molar-refractivity contribution in [2.24, 2.45) is 0 Å². The summed E-state index contributed by atoms with van der Waals surface area (Å²) in [5.41, 5.74) is 2.71. The summed E-state index contributed by atoms with van der Waals surface area (Å²) in [7, 11) is 0. The van der Waals surface area contributed by atoms with Crippen LogP contribution >= 0.6 is 0 Å². The molecule has 0 spiro atoms. The molecule has 6 heteroatoms. The van der Waals surface area contributed by atoms with Gasteiger partial charge < -0.3 is 10.6 Å². The Morgan fingerprint density at radius 1 is 1.04 bits per heavy atom. The monoisotopic (exact) mass is 350 g/mol. The van der Waals surface area contributed by atoms with E-state index in [1.807, 2.05) is 37.3 Å². The second-order valence-electron chi connectivity index (χ2n) is 5.84. The standard InChI is InChI=1S/C20H19FN4O/c1-14-13-18(19(26)24-17-5-3-2-4-6-17)25-20(23-14)22-12-11-15-7-9-16(21)10-8-15/h2-10,13H,11-12H2,1H3,(H,24,26)(H,22,23,25). The van der Waals surface area contributed by atoms with E-state index in [4.69, 9.17) is 0 Å². The first kappa shape index (κ1) is 17.5. The second-order valence-corrected chi connectivity index (χ2v) is 5.84. The summed E-state index contributed by atoms with van der Waals surface area (Å²) in [6, 6.07) is 17.2. The molecule has 26 heavy (non-hydrogen) atoms. The third-order valence-corrected chi connectivity index (χ3v) is 3.73. The summed E-state index contributed by atoms with van der Waals surface area (Å²) in [5.74, 6) is -0.147. The predicted octanol–water partition coefficient (Wildman–Crippen LogP) is 3.83. The quantitative estimate of drug-likeness (QED) is 0.709. The summed E-state index contributed by atoms with van der Waals surface area (Å²) >= 11 is 0. The molecule has 2 aromatic carbocycles. The molecule has 0 saturated heterocycles. The van der Waals surface area contributed by atoms with Crippen molar-refractivity contribution in [3.8, 4) is 0 Å². The number of hydrogen-bond acceptors (Lipinski definition) is 4. The van der Waals surface area contributed by atoms with Gasteiger partial charge in [-0.1, -0.05) is 30.3 Å². The third kappa shape index (κ3) is 4.86. The van der Waals surface area contributed by atoms with E-state index < -0.39 is 0 Å². The SMILES string of the molecule is Cc1cc(C(=O)Nc2ccccc2)nc(NCCc2ccc(F)cc2)n1. The molecular weight excluding hydrogens is 331 g/mol. The lowest BCUT2D eigenvalue weighted by atomic mass is 10.1. The molecule has 0 aliphatic carbocycles. The number of carbonyl (C=O) groups excluding carboxylic acids is 1. The van der Waals surface area contributed by atoms with Crippen molar-refractivity contribution in [3.63, 3.8) is 0 Å². The van der Waals surface area contributed by atoms with E-state index in [2.05, 4.69) is 20.6 Å². The number of aromatic nitrogens is 2. The maximum atomic E-state index is 12.9. The molecule has 2 N–H and O–H groups in total. The van der Waals surface area contributed by atoms with Gasteiger partial charge in [0.25, 0.3) is 5.91 Å². The first-order valence-electron chi connectivity index (χ1n) is 8.30. The molecule has 0 aliphatic heterocycles. The van der Waals surface area contributed by atoms with Crippen molar-refractivity contribution in [3.05, 3.63) is 83.4 Å². The number of hydrogen-bond donors (Lipinski definition) is 2. The number of halogens is 1. The van der Waals surface area contributed by atoms with Crippen LogP contribution in [-0.2, 0) is 6.42 Å². The molecule has 0 atom stereocenters. The van der Waals surface area contributed by atoms with Crippen molar-refractivity contribution < 1.29 is 9.18 Å². The highest BCUT2D eigenvalue weighted by Crippen LogP contribution is 2.10. The minimum atomic E-state index is -0.289. The van der Waals surface area contributed by atoms with E-state index >= 15 is 0 Å². The van der Waals surface area contributed by atoms with Crippen LogP contribution in [0, 0.1) is 12.7 Å². The van der Waals surface area contributed by atoms with Crippen molar-refractivity contribution in [1.29, 1.82) is 0 Å². The van der Waals surface area contributed by atoms with Crippen LogP contribution in [0.15, 0.2) is 60.7 Å². The molecule has 0 radical (unpaired) electrons. The van der Waals surface area contributed by atoms with Crippen LogP contribution in [-0.4, -0.2) is 22.4 Å². The van der Waals surface area contributed by atoms with E-state index in [9.17, 15) is 9.18 Å². The van der Waals surface area contributed by atoms with Gasteiger partial charge in [0.15, 0.2) is 0 Å². The molecule has 1 heterocycles. The second kappa shape index (κ2) is 8.20. The topological polar surface area (TPSA) is 66.9 Å². The highest BCUT2D eigenvalue weighted by molar-refractivity contribution is 6.03. The van der Waals surface area contributed by atoms with Crippen LogP contribution in [0.4, 0.5) is 16.0 Å². The Balaban J connectivity index is 1.63. The number of amides is 1. The molecular formula is C20H19FN4O. The minimum absolute atomic E-state index is 0.252. The Morgan fingerprint density at radius 2 is 1.77 bits per heavy atom. The first-order valence-corrected chi connectivity index (χ1v) is 8.30. The molecule has 0 bridgehead atoms. The van der Waals surface area contributed by atoms with E-state index in [1.54, 1.807) is 18.2 Å². The van der Waals surface area contributed by atoms with E-state index in [1.165, 1.54) is 12.1 Å². The average molecular weight is 350 g/mol. The number of carbonyl (C=O) groups is 1. The number of nitrogens with one attached hydrogen (secondary N) is 2. The number of para-hydroxylation sites is 1. The van der Waals surface area contributed by atoms with E-state index in [-0.39, 0.29) is 11.7 Å². The Labute approximate surface area is 151 Å². The van der Waals surface area contributed by atoms with E-state index in [0.717, 1.165) is 5.56 Å². The fraction of sp³-hybridized carbons (Fsp3) is 0.150. The fourth-order valence-electron chi connectivity index (χ4n) is 2.45. The maximum Gasteiger partial charge on any atom is 0.274 e. The van der Waals surface area contributed by atoms with Crippen LogP contribution in [0.3, 0.4) is 0 Å². The first-order chi connectivity index (χ1) is 12.6. The summed E-state index contributed by atoms with van der Waals surface area (Å²) in [6.45, 7) is 2.39.